The third-order valence-corrected chi connectivity index (χ3v) is 4.17. The Morgan fingerprint density at radius 2 is 2.12 bits per heavy atom. The Morgan fingerprint density at radius 3 is 2.73 bits per heavy atom. The number of aliphatic carboxylic acids is 1. The van der Waals surface area contributed by atoms with E-state index in [1.807, 2.05) is 0 Å². The lowest BCUT2D eigenvalue weighted by Gasteiger charge is -2.10. The van der Waals surface area contributed by atoms with E-state index >= 15 is 0 Å². The number of nitrogens with one attached hydrogen (secondary N) is 2. The normalized spacial score (nSPS) is 15.0. The summed E-state index contributed by atoms with van der Waals surface area (Å²) in [7, 11) is 1.55. The number of fused-ring (bicyclic) bond motifs is 1. The van der Waals surface area contributed by atoms with E-state index in [0.29, 0.717) is 23.5 Å². The third-order valence-electron chi connectivity index (χ3n) is 4.17. The number of rotatable bonds is 6. The van der Waals surface area contributed by atoms with E-state index < -0.39 is 11.9 Å². The second-order valence-corrected chi connectivity index (χ2v) is 5.84. The largest absolute Gasteiger partial charge is 0.477 e. The van der Waals surface area contributed by atoms with Crippen molar-refractivity contribution in [1.82, 2.24) is 14.6 Å². The molecule has 0 saturated carbocycles. The van der Waals surface area contributed by atoms with Crippen molar-refractivity contribution in [1.29, 1.82) is 5.41 Å². The number of quaternary nitrogens is 1. The van der Waals surface area contributed by atoms with E-state index in [2.05, 4.69) is 20.3 Å². The standard InChI is InChI=1S/C16H19N7O3/c1-18-13(11(9-17)15(25)26)14(24)19-10-4-7-23-12(8-10)20-16(21-23)22-5-2-3-6-22/h4,7-9,17-18H,2-3,5-6H2,1H3,(H,19,24)(H,25,26)/p+1/b13-11+,17-9?. The number of nitrogens with two attached hydrogens (primary N) is 1. The monoisotopic (exact) mass is 358 g/mol. The van der Waals surface area contributed by atoms with Crippen molar-refractivity contribution in [3.63, 3.8) is 0 Å². The van der Waals surface area contributed by atoms with Gasteiger partial charge in [0.15, 0.2) is 5.65 Å². The van der Waals surface area contributed by atoms with E-state index in [4.69, 9.17) is 10.5 Å². The number of nitrogens with zero attached hydrogens (tertiary/aromatic N) is 4. The van der Waals surface area contributed by atoms with E-state index in [-0.39, 0.29) is 11.3 Å². The molecule has 10 nitrogen and oxygen atoms in total. The number of carboxylic acids is 1. The summed E-state index contributed by atoms with van der Waals surface area (Å²) in [5.41, 5.74) is 0.606. The second-order valence-electron chi connectivity index (χ2n) is 5.84. The van der Waals surface area contributed by atoms with Crippen LogP contribution < -0.4 is 15.5 Å². The van der Waals surface area contributed by atoms with E-state index in [1.165, 1.54) is 5.32 Å². The Bertz CT molecular complexity index is 896. The quantitative estimate of drug-likeness (QED) is 0.403. The number of likely N-dealkylation sites (N-methyl/N-ethyl adjacent to an activating group) is 1. The smallest absolute Gasteiger partial charge is 0.343 e. The summed E-state index contributed by atoms with van der Waals surface area (Å²) in [6.07, 6.45) is 4.59. The first-order valence-electron chi connectivity index (χ1n) is 8.23. The molecule has 2 aromatic rings. The molecular weight excluding hydrogens is 338 g/mol. The molecule has 136 valence electrons. The zero-order valence-electron chi connectivity index (χ0n) is 14.3. The number of amides is 1. The minimum Gasteiger partial charge on any atom is -0.477 e. The van der Waals surface area contributed by atoms with Gasteiger partial charge in [-0.25, -0.2) is 9.31 Å². The van der Waals surface area contributed by atoms with Gasteiger partial charge in [0.1, 0.15) is 5.57 Å². The molecule has 1 fully saturated rings. The first-order chi connectivity index (χ1) is 12.5. The summed E-state index contributed by atoms with van der Waals surface area (Å²) in [5.74, 6) is -1.27. The maximum atomic E-state index is 12.4. The van der Waals surface area contributed by atoms with Crippen molar-refractivity contribution in [3.8, 4) is 0 Å². The van der Waals surface area contributed by atoms with Gasteiger partial charge >= 0.3 is 11.9 Å². The van der Waals surface area contributed by atoms with Crippen LogP contribution in [0.3, 0.4) is 0 Å². The van der Waals surface area contributed by atoms with E-state index in [1.54, 1.807) is 29.9 Å². The van der Waals surface area contributed by atoms with Gasteiger partial charge in [-0.1, -0.05) is 0 Å². The Kier molecular flexibility index (Phi) is 4.94. The second kappa shape index (κ2) is 7.31. The van der Waals surface area contributed by atoms with Crippen molar-refractivity contribution in [3.05, 3.63) is 29.6 Å². The Hall–Kier alpha value is -3.27. The summed E-state index contributed by atoms with van der Waals surface area (Å²) in [4.78, 5) is 30.1. The Morgan fingerprint density at radius 1 is 1.38 bits per heavy atom. The van der Waals surface area contributed by atoms with Gasteiger partial charge in [0.25, 0.3) is 0 Å². The lowest BCUT2D eigenvalue weighted by molar-refractivity contribution is -0.570. The van der Waals surface area contributed by atoms with Crippen LogP contribution >= 0.6 is 0 Å². The van der Waals surface area contributed by atoms with Crippen molar-refractivity contribution >= 4 is 35.4 Å². The highest BCUT2D eigenvalue weighted by Crippen LogP contribution is 2.18. The molecule has 0 bridgehead atoms. The predicted octanol–water partition coefficient (Wildman–Crippen LogP) is -0.551. The van der Waals surface area contributed by atoms with Gasteiger partial charge in [0.05, 0.1) is 7.05 Å². The fourth-order valence-electron chi connectivity index (χ4n) is 2.86. The van der Waals surface area contributed by atoms with Crippen molar-refractivity contribution < 1.29 is 20.0 Å². The Balaban J connectivity index is 1.85. The molecule has 1 saturated heterocycles. The highest BCUT2D eigenvalue weighted by atomic mass is 16.4. The molecule has 26 heavy (non-hydrogen) atoms. The lowest BCUT2D eigenvalue weighted by atomic mass is 10.2. The molecule has 5 N–H and O–H groups in total. The van der Waals surface area contributed by atoms with Crippen LogP contribution in [-0.2, 0) is 9.59 Å². The van der Waals surface area contributed by atoms with Crippen LogP contribution in [0.2, 0.25) is 0 Å². The zero-order chi connectivity index (χ0) is 18.7. The van der Waals surface area contributed by atoms with E-state index in [9.17, 15) is 9.59 Å². The molecule has 10 heteroatoms. The van der Waals surface area contributed by atoms with Gasteiger partial charge in [-0.15, -0.1) is 5.10 Å². The summed E-state index contributed by atoms with van der Waals surface area (Å²) < 4.78 is 1.63. The summed E-state index contributed by atoms with van der Waals surface area (Å²) in [6.45, 7) is 1.87. The number of anilines is 2. The maximum Gasteiger partial charge on any atom is 0.343 e. The first-order valence-corrected chi connectivity index (χ1v) is 8.23. The molecule has 1 aliphatic heterocycles. The first kappa shape index (κ1) is 17.5. The zero-order valence-corrected chi connectivity index (χ0v) is 14.3. The fraction of sp³-hybridized carbons (Fsp3) is 0.312. The minimum absolute atomic E-state index is 0.0772. The molecular formula is C16H20N7O3+. The van der Waals surface area contributed by atoms with Crippen molar-refractivity contribution in [2.75, 3.05) is 30.4 Å². The van der Waals surface area contributed by atoms with Crippen LogP contribution in [0.5, 0.6) is 0 Å². The van der Waals surface area contributed by atoms with Crippen LogP contribution in [0, 0.1) is 5.41 Å². The Labute approximate surface area is 149 Å². The van der Waals surface area contributed by atoms with E-state index in [0.717, 1.165) is 25.9 Å². The number of hydrogen-bond acceptors (Lipinski definition) is 6. The average Bonchev–Trinajstić information content (AvgIpc) is 3.27. The van der Waals surface area contributed by atoms with Gasteiger partial charge in [-0.05, 0) is 18.9 Å². The van der Waals surface area contributed by atoms with Crippen molar-refractivity contribution in [2.45, 2.75) is 12.8 Å². The minimum atomic E-state index is -1.33. The van der Waals surface area contributed by atoms with Gasteiger partial charge in [0, 0.05) is 37.3 Å². The summed E-state index contributed by atoms with van der Waals surface area (Å²) in [6, 6.07) is 3.33. The highest BCUT2D eigenvalue weighted by molar-refractivity contribution is 6.16. The molecule has 1 aliphatic rings. The van der Waals surface area contributed by atoms with Crippen LogP contribution in [0.25, 0.3) is 5.65 Å². The van der Waals surface area contributed by atoms with Gasteiger partial charge in [-0.3, -0.25) is 4.79 Å². The molecule has 3 heterocycles. The van der Waals surface area contributed by atoms with Gasteiger partial charge in [-0.2, -0.15) is 4.98 Å². The number of pyridine rings is 1. The topological polar surface area (TPSA) is 140 Å². The summed E-state index contributed by atoms with van der Waals surface area (Å²) in [5, 5.41) is 24.7. The molecule has 1 amide bonds. The van der Waals surface area contributed by atoms with Crippen LogP contribution in [0.15, 0.2) is 29.6 Å². The van der Waals surface area contributed by atoms with Gasteiger partial charge in [0.2, 0.25) is 11.6 Å². The molecule has 3 rings (SSSR count). The molecule has 0 aliphatic carbocycles. The lowest BCUT2D eigenvalue weighted by Crippen LogP contribution is -2.80. The van der Waals surface area contributed by atoms with Crippen LogP contribution in [0.1, 0.15) is 12.8 Å². The summed E-state index contributed by atoms with van der Waals surface area (Å²) >= 11 is 0. The molecule has 0 atom stereocenters. The number of carboxylic acid groups (broad SMARTS) is 1. The predicted molar refractivity (Wildman–Crippen MR) is 94.4 cm³/mol. The number of aromatic nitrogens is 3. The molecule has 0 spiro atoms. The molecule has 0 radical (unpaired) electrons. The number of carbonyl (C=O) groups is 2. The third kappa shape index (κ3) is 3.40. The maximum absolute atomic E-state index is 12.4. The van der Waals surface area contributed by atoms with Crippen LogP contribution in [-0.4, -0.2) is 57.9 Å². The van der Waals surface area contributed by atoms with Gasteiger partial charge < -0.3 is 26.0 Å². The molecule has 0 aromatic carbocycles. The highest BCUT2D eigenvalue weighted by Gasteiger charge is 2.23. The average molecular weight is 358 g/mol. The molecule has 0 unspecified atom stereocenters. The number of hydrogen-bond donors (Lipinski definition) is 4. The fourth-order valence-corrected chi connectivity index (χ4v) is 2.86. The van der Waals surface area contributed by atoms with Crippen molar-refractivity contribution in [2.24, 2.45) is 0 Å². The number of carbonyl (C=O) groups excluding carboxylic acids is 1. The van der Waals surface area contributed by atoms with Crippen LogP contribution in [0.4, 0.5) is 11.6 Å². The SMILES string of the molecule is C[NH2+]/C(C(=O)Nc1ccn2nc(N3CCCC3)nc2c1)=C(\C=N)C(=O)O. The molecule has 2 aromatic heterocycles.